The number of halogens is 3. The average molecular weight is 363 g/mol. The van der Waals surface area contributed by atoms with E-state index in [1.54, 1.807) is 0 Å². The number of hydrogen-bond acceptors (Lipinski definition) is 4. The van der Waals surface area contributed by atoms with Crippen LogP contribution in [0.25, 0.3) is 0 Å². The summed E-state index contributed by atoms with van der Waals surface area (Å²) in [6.07, 6.45) is -2.99. The minimum Gasteiger partial charge on any atom is -0.465 e. The lowest BCUT2D eigenvalue weighted by molar-refractivity contribution is -0.148. The SMILES string of the molecule is O=C1OCCC12CCCN(S(=O)(=O)c1ccc(C(F)(F)F)cc1)C2. The van der Waals surface area contributed by atoms with E-state index < -0.39 is 33.1 Å². The first-order valence-corrected chi connectivity index (χ1v) is 8.94. The van der Waals surface area contributed by atoms with E-state index in [1.165, 1.54) is 4.31 Å². The Balaban J connectivity index is 1.86. The molecule has 24 heavy (non-hydrogen) atoms. The number of carbonyl (C=O) groups excluding carboxylic acids is 1. The molecule has 0 radical (unpaired) electrons. The second-order valence-corrected chi connectivity index (χ2v) is 8.07. The van der Waals surface area contributed by atoms with Crippen molar-refractivity contribution in [3.8, 4) is 0 Å². The van der Waals surface area contributed by atoms with Gasteiger partial charge in [-0.2, -0.15) is 17.5 Å². The maximum absolute atomic E-state index is 12.7. The number of benzene rings is 1. The summed E-state index contributed by atoms with van der Waals surface area (Å²) >= 11 is 0. The highest BCUT2D eigenvalue weighted by atomic mass is 32.2. The van der Waals surface area contributed by atoms with Crippen molar-refractivity contribution in [2.45, 2.75) is 30.3 Å². The Morgan fingerprint density at radius 2 is 1.79 bits per heavy atom. The van der Waals surface area contributed by atoms with Crippen LogP contribution in [0.15, 0.2) is 29.2 Å². The van der Waals surface area contributed by atoms with Crippen molar-refractivity contribution >= 4 is 16.0 Å². The van der Waals surface area contributed by atoms with Gasteiger partial charge in [0.2, 0.25) is 10.0 Å². The van der Waals surface area contributed by atoms with Crippen molar-refractivity contribution in [2.24, 2.45) is 5.41 Å². The predicted molar refractivity (Wildman–Crippen MR) is 77.4 cm³/mol. The van der Waals surface area contributed by atoms with E-state index in [0.717, 1.165) is 24.3 Å². The van der Waals surface area contributed by atoms with Gasteiger partial charge in [0, 0.05) is 13.1 Å². The minimum atomic E-state index is -4.52. The van der Waals surface area contributed by atoms with Crippen molar-refractivity contribution in [3.05, 3.63) is 29.8 Å². The van der Waals surface area contributed by atoms with Crippen LogP contribution in [0, 0.1) is 5.41 Å². The van der Waals surface area contributed by atoms with Gasteiger partial charge in [-0.15, -0.1) is 0 Å². The van der Waals surface area contributed by atoms with Gasteiger partial charge in [0.25, 0.3) is 0 Å². The molecule has 3 rings (SSSR count). The van der Waals surface area contributed by atoms with Gasteiger partial charge in [-0.1, -0.05) is 0 Å². The van der Waals surface area contributed by atoms with E-state index in [9.17, 15) is 26.4 Å². The Kier molecular flexibility index (Phi) is 4.11. The fourth-order valence-electron chi connectivity index (χ4n) is 3.22. The molecule has 2 fully saturated rings. The first kappa shape index (κ1) is 17.2. The molecule has 0 saturated carbocycles. The molecule has 2 saturated heterocycles. The van der Waals surface area contributed by atoms with Crippen molar-refractivity contribution in [1.29, 1.82) is 0 Å². The van der Waals surface area contributed by atoms with Crippen LogP contribution in [0.1, 0.15) is 24.8 Å². The minimum absolute atomic E-state index is 0.00912. The van der Waals surface area contributed by atoms with Crippen LogP contribution >= 0.6 is 0 Å². The third-order valence-electron chi connectivity index (χ3n) is 4.61. The topological polar surface area (TPSA) is 63.7 Å². The summed E-state index contributed by atoms with van der Waals surface area (Å²) in [7, 11) is -3.95. The highest BCUT2D eigenvalue weighted by Crippen LogP contribution is 2.40. The smallest absolute Gasteiger partial charge is 0.416 e. The molecule has 5 nitrogen and oxygen atoms in total. The zero-order chi connectivity index (χ0) is 17.6. The highest BCUT2D eigenvalue weighted by Gasteiger charge is 2.49. The fraction of sp³-hybridized carbons (Fsp3) is 0.533. The lowest BCUT2D eigenvalue weighted by Crippen LogP contribution is -2.48. The second-order valence-electron chi connectivity index (χ2n) is 6.13. The molecule has 0 bridgehead atoms. The second kappa shape index (κ2) is 5.73. The van der Waals surface area contributed by atoms with Gasteiger partial charge in [-0.05, 0) is 43.5 Å². The summed E-state index contributed by atoms with van der Waals surface area (Å²) in [5.41, 5.74) is -1.73. The molecule has 0 amide bonds. The fourth-order valence-corrected chi connectivity index (χ4v) is 4.79. The van der Waals surface area contributed by atoms with Gasteiger partial charge >= 0.3 is 12.1 Å². The number of ether oxygens (including phenoxy) is 1. The Labute approximate surface area is 137 Å². The van der Waals surface area contributed by atoms with Crippen molar-refractivity contribution in [3.63, 3.8) is 0 Å². The van der Waals surface area contributed by atoms with E-state index in [0.29, 0.717) is 19.3 Å². The Morgan fingerprint density at radius 3 is 2.33 bits per heavy atom. The standard InChI is InChI=1S/C15H16F3NO4S/c16-15(17,18)11-2-4-12(5-3-11)24(21,22)19-8-1-6-14(10-19)7-9-23-13(14)20/h2-5H,1,6-10H2. The lowest BCUT2D eigenvalue weighted by atomic mass is 9.80. The third-order valence-corrected chi connectivity index (χ3v) is 6.47. The molecular formula is C15H16F3NO4S. The van der Waals surface area contributed by atoms with Crippen LogP contribution in [0.3, 0.4) is 0 Å². The van der Waals surface area contributed by atoms with Gasteiger partial charge in [0.05, 0.1) is 22.5 Å². The van der Waals surface area contributed by atoms with Crippen LogP contribution in [0.2, 0.25) is 0 Å². The molecule has 2 aliphatic heterocycles. The van der Waals surface area contributed by atoms with E-state index >= 15 is 0 Å². The maximum atomic E-state index is 12.7. The molecular weight excluding hydrogens is 347 g/mol. The molecule has 2 aliphatic rings. The number of carbonyl (C=O) groups is 1. The van der Waals surface area contributed by atoms with E-state index in [-0.39, 0.29) is 24.6 Å². The van der Waals surface area contributed by atoms with Gasteiger partial charge in [-0.3, -0.25) is 4.79 Å². The molecule has 0 aliphatic carbocycles. The number of hydrogen-bond donors (Lipinski definition) is 0. The lowest BCUT2D eigenvalue weighted by Gasteiger charge is -2.36. The van der Waals surface area contributed by atoms with Gasteiger partial charge in [0.15, 0.2) is 0 Å². The van der Waals surface area contributed by atoms with Crippen molar-refractivity contribution < 1.29 is 31.1 Å². The molecule has 1 atom stereocenters. The molecule has 1 aromatic rings. The molecule has 1 unspecified atom stereocenters. The molecule has 2 heterocycles. The normalized spacial score (nSPS) is 25.9. The van der Waals surface area contributed by atoms with E-state index in [4.69, 9.17) is 4.74 Å². The largest absolute Gasteiger partial charge is 0.465 e. The van der Waals surface area contributed by atoms with Crippen LogP contribution < -0.4 is 0 Å². The number of cyclic esters (lactones) is 1. The molecule has 132 valence electrons. The van der Waals surface area contributed by atoms with Crippen molar-refractivity contribution in [2.75, 3.05) is 19.7 Å². The summed E-state index contributed by atoms with van der Waals surface area (Å²) in [6, 6.07) is 3.39. The first-order chi connectivity index (χ1) is 11.2. The van der Waals surface area contributed by atoms with Crippen LogP contribution in [0.4, 0.5) is 13.2 Å². The Bertz CT molecular complexity index is 745. The summed E-state index contributed by atoms with van der Waals surface area (Å²) < 4.78 is 69.3. The van der Waals surface area contributed by atoms with Gasteiger partial charge in [-0.25, -0.2) is 8.42 Å². The Morgan fingerprint density at radius 1 is 1.12 bits per heavy atom. The number of sulfonamides is 1. The Hall–Kier alpha value is -1.61. The zero-order valence-corrected chi connectivity index (χ0v) is 13.5. The van der Waals surface area contributed by atoms with Gasteiger partial charge in [0.1, 0.15) is 0 Å². The monoisotopic (exact) mass is 363 g/mol. The maximum Gasteiger partial charge on any atom is 0.416 e. The number of rotatable bonds is 2. The highest BCUT2D eigenvalue weighted by molar-refractivity contribution is 7.89. The molecule has 1 spiro atoms. The first-order valence-electron chi connectivity index (χ1n) is 7.50. The third kappa shape index (κ3) is 2.90. The number of piperidine rings is 1. The molecule has 1 aromatic carbocycles. The van der Waals surface area contributed by atoms with Crippen LogP contribution in [-0.4, -0.2) is 38.4 Å². The zero-order valence-electron chi connectivity index (χ0n) is 12.7. The molecule has 9 heteroatoms. The average Bonchev–Trinajstić information content (AvgIpc) is 2.87. The van der Waals surface area contributed by atoms with Crippen LogP contribution in [-0.2, 0) is 25.7 Å². The van der Waals surface area contributed by atoms with Crippen LogP contribution in [0.5, 0.6) is 0 Å². The summed E-state index contributed by atoms with van der Waals surface area (Å²) in [5, 5.41) is 0. The number of alkyl halides is 3. The quantitative estimate of drug-likeness (QED) is 0.757. The van der Waals surface area contributed by atoms with Crippen molar-refractivity contribution in [1.82, 2.24) is 4.31 Å². The molecule has 0 aromatic heterocycles. The van der Waals surface area contributed by atoms with Gasteiger partial charge < -0.3 is 4.74 Å². The summed E-state index contributed by atoms with van der Waals surface area (Å²) in [5.74, 6) is -0.394. The van der Waals surface area contributed by atoms with E-state index in [2.05, 4.69) is 0 Å². The van der Waals surface area contributed by atoms with E-state index in [1.807, 2.05) is 0 Å². The summed E-state index contributed by atoms with van der Waals surface area (Å²) in [6.45, 7) is 0.514. The number of esters is 1. The number of nitrogens with zero attached hydrogens (tertiary/aromatic N) is 1. The molecule has 0 N–H and O–H groups in total. The summed E-state index contributed by atoms with van der Waals surface area (Å²) in [4.78, 5) is 11.7. The predicted octanol–water partition coefficient (Wildman–Crippen LogP) is 2.42.